The molecule has 24 heavy (non-hydrogen) atoms. The summed E-state index contributed by atoms with van der Waals surface area (Å²) >= 11 is 0. The Morgan fingerprint density at radius 2 is 1.92 bits per heavy atom. The van der Waals surface area contributed by atoms with Crippen molar-refractivity contribution < 1.29 is 22.6 Å². The maximum atomic E-state index is 12.2. The first kappa shape index (κ1) is 22.6. The second-order valence-electron chi connectivity index (χ2n) is 4.84. The Bertz CT molecular complexity index is 539. The molecule has 0 aliphatic heterocycles. The first-order chi connectivity index (χ1) is 10.8. The van der Waals surface area contributed by atoms with E-state index in [9.17, 15) is 13.2 Å². The lowest BCUT2D eigenvalue weighted by atomic mass is 10.1. The van der Waals surface area contributed by atoms with E-state index in [1.807, 2.05) is 6.92 Å². The summed E-state index contributed by atoms with van der Waals surface area (Å²) in [6.45, 7) is 1.61. The number of halogens is 4. The monoisotopic (exact) mass is 461 g/mol. The molecule has 5 nitrogen and oxygen atoms in total. The number of hydrogen-bond donors (Lipinski definition) is 2. The van der Waals surface area contributed by atoms with E-state index in [0.29, 0.717) is 11.5 Å². The first-order valence-corrected chi connectivity index (χ1v) is 7.06. The fourth-order valence-corrected chi connectivity index (χ4v) is 1.98. The molecule has 0 aromatic heterocycles. The van der Waals surface area contributed by atoms with Gasteiger partial charge in [0.05, 0.1) is 26.7 Å². The van der Waals surface area contributed by atoms with E-state index < -0.39 is 12.6 Å². The van der Waals surface area contributed by atoms with Gasteiger partial charge < -0.3 is 20.1 Å². The highest BCUT2D eigenvalue weighted by Crippen LogP contribution is 2.29. The SMILES string of the molecule is CN=C(NCCC(F)(F)F)NC(C)c1cc(OC)ccc1OC.I. The summed E-state index contributed by atoms with van der Waals surface area (Å²) in [4.78, 5) is 3.93. The maximum absolute atomic E-state index is 12.2. The Morgan fingerprint density at radius 3 is 2.42 bits per heavy atom. The second-order valence-corrected chi connectivity index (χ2v) is 4.84. The Hall–Kier alpha value is -1.39. The van der Waals surface area contributed by atoms with Crippen LogP contribution in [-0.2, 0) is 0 Å². The number of methoxy groups -OCH3 is 2. The minimum atomic E-state index is -4.20. The lowest BCUT2D eigenvalue weighted by molar-refractivity contribution is -0.132. The Balaban J connectivity index is 0.00000529. The van der Waals surface area contributed by atoms with Crippen LogP contribution in [0.15, 0.2) is 23.2 Å². The van der Waals surface area contributed by atoms with Gasteiger partial charge in [-0.25, -0.2) is 0 Å². The third-order valence-corrected chi connectivity index (χ3v) is 3.18. The van der Waals surface area contributed by atoms with E-state index in [2.05, 4.69) is 15.6 Å². The van der Waals surface area contributed by atoms with Gasteiger partial charge in [0.15, 0.2) is 5.96 Å². The minimum absolute atomic E-state index is 0. The molecule has 1 aromatic rings. The van der Waals surface area contributed by atoms with Gasteiger partial charge in [0, 0.05) is 19.2 Å². The molecule has 0 aliphatic rings. The average Bonchev–Trinajstić information content (AvgIpc) is 2.51. The molecule has 1 aromatic carbocycles. The van der Waals surface area contributed by atoms with Crippen LogP contribution in [0.5, 0.6) is 11.5 Å². The molecule has 0 radical (unpaired) electrons. The second kappa shape index (κ2) is 10.5. The fraction of sp³-hybridized carbons (Fsp3) is 0.533. The van der Waals surface area contributed by atoms with Crippen LogP contribution in [0.2, 0.25) is 0 Å². The van der Waals surface area contributed by atoms with Crippen molar-refractivity contribution in [2.24, 2.45) is 4.99 Å². The van der Waals surface area contributed by atoms with Crippen molar-refractivity contribution in [1.82, 2.24) is 10.6 Å². The molecule has 0 spiro atoms. The number of alkyl halides is 3. The summed E-state index contributed by atoms with van der Waals surface area (Å²) in [5.41, 5.74) is 0.811. The molecule has 2 N–H and O–H groups in total. The van der Waals surface area contributed by atoms with Crippen LogP contribution in [0.3, 0.4) is 0 Å². The van der Waals surface area contributed by atoms with Crippen LogP contribution >= 0.6 is 24.0 Å². The highest BCUT2D eigenvalue weighted by Gasteiger charge is 2.26. The molecule has 9 heteroatoms. The zero-order chi connectivity index (χ0) is 17.5. The number of nitrogens with one attached hydrogen (secondary N) is 2. The van der Waals surface area contributed by atoms with Gasteiger partial charge >= 0.3 is 6.18 Å². The van der Waals surface area contributed by atoms with Gasteiger partial charge in [-0.05, 0) is 25.1 Å². The predicted molar refractivity (Wildman–Crippen MR) is 98.5 cm³/mol. The molecule has 0 saturated heterocycles. The van der Waals surface area contributed by atoms with Crippen molar-refractivity contribution in [3.05, 3.63) is 23.8 Å². The van der Waals surface area contributed by atoms with Gasteiger partial charge in [-0.1, -0.05) is 0 Å². The number of nitrogens with zero attached hydrogens (tertiary/aromatic N) is 1. The van der Waals surface area contributed by atoms with Crippen LogP contribution < -0.4 is 20.1 Å². The highest BCUT2D eigenvalue weighted by atomic mass is 127. The summed E-state index contributed by atoms with van der Waals surface area (Å²) in [5.74, 6) is 1.60. The van der Waals surface area contributed by atoms with E-state index in [1.54, 1.807) is 32.4 Å². The molecule has 1 atom stereocenters. The van der Waals surface area contributed by atoms with Gasteiger partial charge in [0.1, 0.15) is 11.5 Å². The molecular weight excluding hydrogens is 438 g/mol. The summed E-state index contributed by atoms with van der Waals surface area (Å²) in [6, 6.07) is 5.11. The number of guanidine groups is 1. The Labute approximate surface area is 157 Å². The first-order valence-electron chi connectivity index (χ1n) is 7.06. The van der Waals surface area contributed by atoms with Crippen molar-refractivity contribution in [2.75, 3.05) is 27.8 Å². The van der Waals surface area contributed by atoms with Gasteiger partial charge in [-0.2, -0.15) is 13.2 Å². The van der Waals surface area contributed by atoms with Crippen molar-refractivity contribution in [1.29, 1.82) is 0 Å². The fourth-order valence-electron chi connectivity index (χ4n) is 1.98. The Kier molecular flexibility index (Phi) is 9.86. The van der Waals surface area contributed by atoms with E-state index in [4.69, 9.17) is 9.47 Å². The molecule has 0 heterocycles. The highest BCUT2D eigenvalue weighted by molar-refractivity contribution is 14.0. The maximum Gasteiger partial charge on any atom is 0.390 e. The molecule has 0 aliphatic carbocycles. The third-order valence-electron chi connectivity index (χ3n) is 3.18. The lowest BCUT2D eigenvalue weighted by Gasteiger charge is -2.21. The largest absolute Gasteiger partial charge is 0.497 e. The number of aliphatic imine (C=N–C) groups is 1. The molecule has 1 unspecified atom stereocenters. The van der Waals surface area contributed by atoms with Gasteiger partial charge in [0.25, 0.3) is 0 Å². The van der Waals surface area contributed by atoms with E-state index in [1.165, 1.54) is 7.05 Å². The normalized spacial score (nSPS) is 12.9. The Morgan fingerprint density at radius 1 is 1.25 bits per heavy atom. The van der Waals surface area contributed by atoms with Crippen molar-refractivity contribution in [2.45, 2.75) is 25.6 Å². The molecule has 0 amide bonds. The summed E-state index contributed by atoms with van der Waals surface area (Å²) in [7, 11) is 4.61. The number of rotatable bonds is 6. The molecule has 1 rings (SSSR count). The summed E-state index contributed by atoms with van der Waals surface area (Å²) < 4.78 is 47.1. The zero-order valence-corrected chi connectivity index (χ0v) is 16.4. The van der Waals surface area contributed by atoms with E-state index in [-0.39, 0.29) is 42.5 Å². The molecule has 0 saturated carbocycles. The summed E-state index contributed by atoms with van der Waals surface area (Å²) in [6.07, 6.45) is -5.13. The van der Waals surface area contributed by atoms with Gasteiger partial charge in [-0.15, -0.1) is 24.0 Å². The average molecular weight is 461 g/mol. The topological polar surface area (TPSA) is 54.9 Å². The zero-order valence-electron chi connectivity index (χ0n) is 14.0. The molecule has 0 fully saturated rings. The van der Waals surface area contributed by atoms with Crippen molar-refractivity contribution in [3.8, 4) is 11.5 Å². The van der Waals surface area contributed by atoms with Gasteiger partial charge in [0.2, 0.25) is 0 Å². The van der Waals surface area contributed by atoms with E-state index >= 15 is 0 Å². The minimum Gasteiger partial charge on any atom is -0.497 e. The lowest BCUT2D eigenvalue weighted by Crippen LogP contribution is -2.40. The molecule has 0 bridgehead atoms. The van der Waals surface area contributed by atoms with Crippen molar-refractivity contribution >= 4 is 29.9 Å². The quantitative estimate of drug-likeness (QED) is 0.387. The van der Waals surface area contributed by atoms with Crippen LogP contribution in [0.4, 0.5) is 13.2 Å². The summed E-state index contributed by atoms with van der Waals surface area (Å²) in [5, 5.41) is 5.67. The van der Waals surface area contributed by atoms with Crippen molar-refractivity contribution in [3.63, 3.8) is 0 Å². The molecule has 138 valence electrons. The van der Waals surface area contributed by atoms with E-state index in [0.717, 1.165) is 5.56 Å². The number of ether oxygens (including phenoxy) is 2. The van der Waals surface area contributed by atoms with Gasteiger partial charge in [-0.3, -0.25) is 4.99 Å². The predicted octanol–water partition coefficient (Wildman–Crippen LogP) is 3.50. The van der Waals surface area contributed by atoms with Crippen LogP contribution in [-0.4, -0.2) is 39.9 Å². The van der Waals surface area contributed by atoms with Crippen LogP contribution in [0, 0.1) is 0 Å². The van der Waals surface area contributed by atoms with Crippen LogP contribution in [0.25, 0.3) is 0 Å². The standard InChI is InChI=1S/C15H22F3N3O2.HI/c1-10(12-9-11(22-3)5-6-13(12)23-4)21-14(19-2)20-8-7-15(16,17)18;/h5-6,9-10H,7-8H2,1-4H3,(H2,19,20,21);1H. The third kappa shape index (κ3) is 7.45. The number of benzene rings is 1. The van der Waals surface area contributed by atoms with Crippen LogP contribution in [0.1, 0.15) is 24.9 Å². The number of hydrogen-bond acceptors (Lipinski definition) is 3. The smallest absolute Gasteiger partial charge is 0.390 e. The molecular formula is C15H23F3IN3O2.